The molecule has 2 aromatic heterocycles. The van der Waals surface area contributed by atoms with Crippen LogP contribution in [0, 0.1) is 0 Å². The molecule has 4 rings (SSSR count). The zero-order valence-corrected chi connectivity index (χ0v) is 16.8. The Morgan fingerprint density at radius 2 is 1.93 bits per heavy atom. The third-order valence-corrected chi connectivity index (χ3v) is 5.42. The molecule has 152 valence electrons. The van der Waals surface area contributed by atoms with Gasteiger partial charge in [-0.05, 0) is 49.2 Å². The van der Waals surface area contributed by atoms with E-state index in [1.165, 1.54) is 6.07 Å². The Kier molecular flexibility index (Phi) is 5.24. The second-order valence-corrected chi connectivity index (χ2v) is 7.85. The summed E-state index contributed by atoms with van der Waals surface area (Å²) < 4.78 is 44.5. The third-order valence-electron chi connectivity index (χ3n) is 4.93. The number of carbonyl (C=O) groups is 1. The van der Waals surface area contributed by atoms with E-state index in [0.29, 0.717) is 37.3 Å². The molecule has 9 heteroatoms. The lowest BCUT2D eigenvalue weighted by Crippen LogP contribution is -2.44. The standard InChI is InChI=1S/C20H17BrF3N3O2/c21-14-2-3-16-12(9-14)10-17(29-16)19(28)26-15-5-7-27(8-6-15)18-4-1-13(11-25-18)20(22,23)24/h1-4,9-11,15H,5-8H2,(H,26,28). The Labute approximate surface area is 173 Å². The zero-order valence-electron chi connectivity index (χ0n) is 15.2. The number of anilines is 1. The first kappa shape index (κ1) is 19.8. The molecule has 1 aliphatic rings. The molecule has 1 fully saturated rings. The maximum Gasteiger partial charge on any atom is 0.417 e. The van der Waals surface area contributed by atoms with Crippen molar-refractivity contribution < 1.29 is 22.4 Å². The molecule has 0 aliphatic carbocycles. The fourth-order valence-corrected chi connectivity index (χ4v) is 3.76. The largest absolute Gasteiger partial charge is 0.451 e. The van der Waals surface area contributed by atoms with Gasteiger partial charge < -0.3 is 14.6 Å². The molecular weight excluding hydrogens is 451 g/mol. The van der Waals surface area contributed by atoms with Crippen LogP contribution in [-0.2, 0) is 6.18 Å². The predicted octanol–water partition coefficient (Wildman–Crippen LogP) is 5.01. The van der Waals surface area contributed by atoms with Crippen LogP contribution in [0.5, 0.6) is 0 Å². The molecule has 1 aliphatic heterocycles. The van der Waals surface area contributed by atoms with Crippen LogP contribution in [0.1, 0.15) is 29.0 Å². The maximum atomic E-state index is 12.7. The number of piperidine rings is 1. The van der Waals surface area contributed by atoms with Crippen LogP contribution >= 0.6 is 15.9 Å². The number of halogens is 4. The Balaban J connectivity index is 1.35. The molecule has 0 saturated carbocycles. The molecule has 3 aromatic rings. The molecule has 1 aromatic carbocycles. The Bertz CT molecular complexity index is 1030. The molecule has 1 amide bonds. The first-order chi connectivity index (χ1) is 13.8. The van der Waals surface area contributed by atoms with Crippen LogP contribution in [0.4, 0.5) is 19.0 Å². The summed E-state index contributed by atoms with van der Waals surface area (Å²) in [6.45, 7) is 1.19. The summed E-state index contributed by atoms with van der Waals surface area (Å²) in [6, 6.07) is 9.62. The van der Waals surface area contributed by atoms with Crippen LogP contribution in [0.2, 0.25) is 0 Å². The van der Waals surface area contributed by atoms with Crippen LogP contribution < -0.4 is 10.2 Å². The molecule has 0 spiro atoms. The molecular formula is C20H17BrF3N3O2. The molecule has 5 nitrogen and oxygen atoms in total. The number of furan rings is 1. The quantitative estimate of drug-likeness (QED) is 0.588. The minimum absolute atomic E-state index is 0.0341. The molecule has 1 saturated heterocycles. The van der Waals surface area contributed by atoms with Crippen molar-refractivity contribution in [2.24, 2.45) is 0 Å². The van der Waals surface area contributed by atoms with Crippen molar-refractivity contribution in [3.8, 4) is 0 Å². The average Bonchev–Trinajstić information content (AvgIpc) is 3.11. The number of rotatable bonds is 3. The summed E-state index contributed by atoms with van der Waals surface area (Å²) in [5, 5.41) is 3.81. The lowest BCUT2D eigenvalue weighted by Gasteiger charge is -2.33. The predicted molar refractivity (Wildman–Crippen MR) is 106 cm³/mol. The van der Waals surface area contributed by atoms with Crippen molar-refractivity contribution in [1.82, 2.24) is 10.3 Å². The fourth-order valence-electron chi connectivity index (χ4n) is 3.38. The third kappa shape index (κ3) is 4.39. The second kappa shape index (κ2) is 7.70. The van der Waals surface area contributed by atoms with E-state index in [4.69, 9.17) is 4.42 Å². The van der Waals surface area contributed by atoms with Crippen molar-refractivity contribution in [1.29, 1.82) is 0 Å². The number of amides is 1. The van der Waals surface area contributed by atoms with Gasteiger partial charge >= 0.3 is 6.18 Å². The van der Waals surface area contributed by atoms with E-state index in [0.717, 1.165) is 22.1 Å². The van der Waals surface area contributed by atoms with Gasteiger partial charge in [-0.2, -0.15) is 13.2 Å². The molecule has 0 atom stereocenters. The van der Waals surface area contributed by atoms with Gasteiger partial charge in [0.05, 0.1) is 5.56 Å². The van der Waals surface area contributed by atoms with Crippen molar-refractivity contribution >= 4 is 38.6 Å². The Hall–Kier alpha value is -2.55. The topological polar surface area (TPSA) is 58.4 Å². The number of hydrogen-bond donors (Lipinski definition) is 1. The molecule has 29 heavy (non-hydrogen) atoms. The number of aromatic nitrogens is 1. The summed E-state index contributed by atoms with van der Waals surface area (Å²) in [5.74, 6) is 0.485. The maximum absolute atomic E-state index is 12.7. The summed E-state index contributed by atoms with van der Waals surface area (Å²) in [5.41, 5.74) is -0.122. The van der Waals surface area contributed by atoms with Gasteiger partial charge in [0, 0.05) is 35.2 Å². The highest BCUT2D eigenvalue weighted by Crippen LogP contribution is 2.30. The zero-order chi connectivity index (χ0) is 20.6. The Morgan fingerprint density at radius 3 is 2.59 bits per heavy atom. The molecule has 3 heterocycles. The van der Waals surface area contributed by atoms with Gasteiger partial charge in [-0.15, -0.1) is 0 Å². The van der Waals surface area contributed by atoms with Gasteiger partial charge in [0.2, 0.25) is 0 Å². The van der Waals surface area contributed by atoms with Gasteiger partial charge in [0.1, 0.15) is 11.4 Å². The average molecular weight is 468 g/mol. The fraction of sp³-hybridized carbons (Fsp3) is 0.300. The summed E-state index contributed by atoms with van der Waals surface area (Å²) in [7, 11) is 0. The number of benzene rings is 1. The smallest absolute Gasteiger partial charge is 0.417 e. The first-order valence-electron chi connectivity index (χ1n) is 9.08. The van der Waals surface area contributed by atoms with E-state index in [2.05, 4.69) is 26.2 Å². The Morgan fingerprint density at radius 1 is 1.17 bits per heavy atom. The van der Waals surface area contributed by atoms with E-state index in [-0.39, 0.29) is 17.7 Å². The summed E-state index contributed by atoms with van der Waals surface area (Å²) in [4.78, 5) is 18.4. The number of nitrogens with zero attached hydrogens (tertiary/aromatic N) is 2. The molecule has 1 N–H and O–H groups in total. The normalized spacial score (nSPS) is 15.7. The first-order valence-corrected chi connectivity index (χ1v) is 9.87. The van der Waals surface area contributed by atoms with E-state index >= 15 is 0 Å². The number of alkyl halides is 3. The van der Waals surface area contributed by atoms with Crippen LogP contribution in [0.15, 0.2) is 51.5 Å². The highest BCUT2D eigenvalue weighted by atomic mass is 79.9. The SMILES string of the molecule is O=C(NC1CCN(c2ccc(C(F)(F)F)cn2)CC1)c1cc2cc(Br)ccc2o1. The molecule has 0 unspecified atom stereocenters. The van der Waals surface area contributed by atoms with Gasteiger partial charge in [-0.3, -0.25) is 4.79 Å². The minimum atomic E-state index is -4.39. The van der Waals surface area contributed by atoms with Crippen molar-refractivity contribution in [2.45, 2.75) is 25.1 Å². The highest BCUT2D eigenvalue weighted by Gasteiger charge is 2.31. The number of hydrogen-bond acceptors (Lipinski definition) is 4. The van der Waals surface area contributed by atoms with Gasteiger partial charge in [0.15, 0.2) is 5.76 Å². The van der Waals surface area contributed by atoms with E-state index in [1.807, 2.05) is 17.0 Å². The van der Waals surface area contributed by atoms with Crippen molar-refractivity contribution in [2.75, 3.05) is 18.0 Å². The molecule has 0 bridgehead atoms. The number of carbonyl (C=O) groups excluding carboxylic acids is 1. The lowest BCUT2D eigenvalue weighted by molar-refractivity contribution is -0.137. The van der Waals surface area contributed by atoms with Gasteiger partial charge in [0.25, 0.3) is 5.91 Å². The molecule has 0 radical (unpaired) electrons. The monoisotopic (exact) mass is 467 g/mol. The summed E-state index contributed by atoms with van der Waals surface area (Å²) in [6.07, 6.45) is -2.21. The van der Waals surface area contributed by atoms with Crippen LogP contribution in [0.3, 0.4) is 0 Å². The minimum Gasteiger partial charge on any atom is -0.451 e. The van der Waals surface area contributed by atoms with E-state index in [1.54, 1.807) is 12.1 Å². The van der Waals surface area contributed by atoms with Crippen molar-refractivity contribution in [3.63, 3.8) is 0 Å². The second-order valence-electron chi connectivity index (χ2n) is 6.93. The lowest BCUT2D eigenvalue weighted by atomic mass is 10.0. The van der Waals surface area contributed by atoms with Gasteiger partial charge in [-0.1, -0.05) is 15.9 Å². The van der Waals surface area contributed by atoms with E-state index in [9.17, 15) is 18.0 Å². The van der Waals surface area contributed by atoms with Crippen LogP contribution in [-0.4, -0.2) is 30.0 Å². The van der Waals surface area contributed by atoms with Crippen molar-refractivity contribution in [3.05, 3.63) is 58.4 Å². The number of fused-ring (bicyclic) bond motifs is 1. The number of nitrogens with one attached hydrogen (secondary N) is 1. The van der Waals surface area contributed by atoms with E-state index < -0.39 is 11.7 Å². The highest BCUT2D eigenvalue weighted by molar-refractivity contribution is 9.10. The van der Waals surface area contributed by atoms with Gasteiger partial charge in [-0.25, -0.2) is 4.98 Å². The summed E-state index contributed by atoms with van der Waals surface area (Å²) >= 11 is 3.39. The van der Waals surface area contributed by atoms with Crippen LogP contribution in [0.25, 0.3) is 11.0 Å². The number of pyridine rings is 1.